The summed E-state index contributed by atoms with van der Waals surface area (Å²) in [7, 11) is 1.82. The maximum Gasteiger partial charge on any atom is 0.227 e. The monoisotopic (exact) mass is 296 g/mol. The molecule has 1 N–H and O–H groups in total. The first-order valence-electron chi connectivity index (χ1n) is 8.48. The summed E-state index contributed by atoms with van der Waals surface area (Å²) in [6.07, 6.45) is 7.45. The number of nitrogens with one attached hydrogen (secondary N) is 1. The molecule has 2 rings (SSSR count). The zero-order chi connectivity index (χ0) is 15.5. The van der Waals surface area contributed by atoms with E-state index in [1.165, 1.54) is 19.3 Å². The molecule has 2 fully saturated rings. The molecule has 1 saturated heterocycles. The van der Waals surface area contributed by atoms with E-state index in [4.69, 9.17) is 4.74 Å². The lowest BCUT2D eigenvalue weighted by Gasteiger charge is -2.38. The third kappa shape index (κ3) is 4.68. The van der Waals surface area contributed by atoms with Crippen LogP contribution in [0, 0.1) is 5.41 Å². The zero-order valence-corrected chi connectivity index (χ0v) is 14.2. The number of likely N-dealkylation sites (tertiary alicyclic amines) is 1. The van der Waals surface area contributed by atoms with E-state index in [0.29, 0.717) is 18.2 Å². The van der Waals surface area contributed by atoms with Crippen LogP contribution in [0.25, 0.3) is 0 Å². The number of rotatable bonds is 3. The number of piperidine rings is 1. The molecule has 0 aromatic carbocycles. The fourth-order valence-electron chi connectivity index (χ4n) is 3.57. The number of carbonyl (C=O) groups excluding carboxylic acids is 1. The summed E-state index contributed by atoms with van der Waals surface area (Å²) in [6, 6.07) is 1.16. The molecule has 21 heavy (non-hydrogen) atoms. The number of nitrogens with zero attached hydrogens (tertiary/aromatic N) is 1. The minimum Gasteiger partial charge on any atom is -0.381 e. The normalized spacial score (nSPS) is 28.7. The highest BCUT2D eigenvalue weighted by molar-refractivity contribution is 5.81. The van der Waals surface area contributed by atoms with Crippen LogP contribution in [0.15, 0.2) is 0 Å². The Morgan fingerprint density at radius 1 is 1.10 bits per heavy atom. The smallest absolute Gasteiger partial charge is 0.227 e. The van der Waals surface area contributed by atoms with E-state index in [9.17, 15) is 4.79 Å². The molecule has 4 heteroatoms. The molecule has 0 radical (unpaired) electrons. The number of hydrogen-bond donors (Lipinski definition) is 1. The fraction of sp³-hybridized carbons (Fsp3) is 0.941. The van der Waals surface area contributed by atoms with Crippen LogP contribution in [-0.2, 0) is 9.53 Å². The highest BCUT2D eigenvalue weighted by Crippen LogP contribution is 2.24. The Hall–Kier alpha value is -0.610. The summed E-state index contributed by atoms with van der Waals surface area (Å²) in [5.41, 5.74) is -0.255. The Balaban J connectivity index is 1.75. The fourth-order valence-corrected chi connectivity index (χ4v) is 3.57. The maximum atomic E-state index is 12.3. The highest BCUT2D eigenvalue weighted by Gasteiger charge is 2.31. The van der Waals surface area contributed by atoms with E-state index >= 15 is 0 Å². The van der Waals surface area contributed by atoms with Gasteiger partial charge in [0.05, 0.1) is 6.10 Å². The first-order chi connectivity index (χ1) is 9.90. The van der Waals surface area contributed by atoms with E-state index in [0.717, 1.165) is 32.4 Å². The summed E-state index contributed by atoms with van der Waals surface area (Å²) in [5, 5.41) is 3.80. The van der Waals surface area contributed by atoms with Crippen LogP contribution < -0.4 is 5.32 Å². The predicted molar refractivity (Wildman–Crippen MR) is 85.2 cm³/mol. The van der Waals surface area contributed by atoms with Crippen LogP contribution in [0.4, 0.5) is 0 Å². The molecule has 122 valence electrons. The molecule has 1 heterocycles. The van der Waals surface area contributed by atoms with Gasteiger partial charge in [0.15, 0.2) is 0 Å². The molecular weight excluding hydrogens is 264 g/mol. The standard InChI is InChI=1S/C17H32N2O2/c1-17(2,3)16(20)19-10-8-13(9-11-19)18-14-6-5-7-15(12-14)21-4/h13-15,18H,5-12H2,1-4H3. The van der Waals surface area contributed by atoms with E-state index in [1.54, 1.807) is 0 Å². The van der Waals surface area contributed by atoms with E-state index in [2.05, 4.69) is 5.32 Å². The Bertz CT molecular complexity index is 343. The van der Waals surface area contributed by atoms with Crippen LogP contribution in [0.3, 0.4) is 0 Å². The maximum absolute atomic E-state index is 12.3. The number of hydrogen-bond acceptors (Lipinski definition) is 3. The minimum atomic E-state index is -0.255. The van der Waals surface area contributed by atoms with Crippen molar-refractivity contribution >= 4 is 5.91 Å². The lowest BCUT2D eigenvalue weighted by atomic mass is 9.90. The molecule has 4 nitrogen and oxygen atoms in total. The number of amides is 1. The van der Waals surface area contributed by atoms with Crippen molar-refractivity contribution in [2.24, 2.45) is 5.41 Å². The quantitative estimate of drug-likeness (QED) is 0.870. The second-order valence-corrected chi connectivity index (χ2v) is 7.70. The second-order valence-electron chi connectivity index (χ2n) is 7.70. The van der Waals surface area contributed by atoms with Gasteiger partial charge in [0.2, 0.25) is 5.91 Å². The van der Waals surface area contributed by atoms with Crippen molar-refractivity contribution in [3.63, 3.8) is 0 Å². The van der Waals surface area contributed by atoms with Gasteiger partial charge in [-0.2, -0.15) is 0 Å². The second kappa shape index (κ2) is 7.10. The Morgan fingerprint density at radius 2 is 1.76 bits per heavy atom. The minimum absolute atomic E-state index is 0.255. The number of methoxy groups -OCH3 is 1. The van der Waals surface area contributed by atoms with Gasteiger partial charge in [0, 0.05) is 37.7 Å². The van der Waals surface area contributed by atoms with Crippen LogP contribution in [0.5, 0.6) is 0 Å². The lowest BCUT2D eigenvalue weighted by Crippen LogP contribution is -2.51. The predicted octanol–water partition coefficient (Wildman–Crippen LogP) is 2.57. The van der Waals surface area contributed by atoms with Crippen LogP contribution in [0.2, 0.25) is 0 Å². The van der Waals surface area contributed by atoms with Crippen molar-refractivity contribution in [3.05, 3.63) is 0 Å². The third-order valence-electron chi connectivity index (χ3n) is 4.85. The Labute approximate surface area is 129 Å². The average Bonchev–Trinajstić information content (AvgIpc) is 2.46. The van der Waals surface area contributed by atoms with Crippen molar-refractivity contribution in [2.45, 2.75) is 77.5 Å². The van der Waals surface area contributed by atoms with Gasteiger partial charge in [-0.1, -0.05) is 20.8 Å². The Morgan fingerprint density at radius 3 is 2.33 bits per heavy atom. The van der Waals surface area contributed by atoms with Crippen molar-refractivity contribution < 1.29 is 9.53 Å². The molecule has 0 bridgehead atoms. The summed E-state index contributed by atoms with van der Waals surface area (Å²) in [4.78, 5) is 14.3. The van der Waals surface area contributed by atoms with Crippen LogP contribution in [-0.4, -0.2) is 49.2 Å². The summed E-state index contributed by atoms with van der Waals surface area (Å²) in [5.74, 6) is 0.290. The molecule has 1 aliphatic heterocycles. The number of ether oxygens (including phenoxy) is 1. The van der Waals surface area contributed by atoms with Crippen molar-refractivity contribution in [2.75, 3.05) is 20.2 Å². The largest absolute Gasteiger partial charge is 0.381 e. The van der Waals surface area contributed by atoms with Gasteiger partial charge in [-0.05, 0) is 38.5 Å². The van der Waals surface area contributed by atoms with E-state index < -0.39 is 0 Å². The molecular formula is C17H32N2O2. The molecule has 1 amide bonds. The SMILES string of the molecule is COC1CCCC(NC2CCN(C(=O)C(C)(C)C)CC2)C1. The van der Waals surface area contributed by atoms with Crippen LogP contribution in [0.1, 0.15) is 59.3 Å². The Kier molecular flexibility index (Phi) is 5.67. The molecule has 2 unspecified atom stereocenters. The third-order valence-corrected chi connectivity index (χ3v) is 4.85. The van der Waals surface area contributed by atoms with Crippen molar-refractivity contribution in [1.29, 1.82) is 0 Å². The van der Waals surface area contributed by atoms with Crippen molar-refractivity contribution in [3.8, 4) is 0 Å². The van der Waals surface area contributed by atoms with Gasteiger partial charge in [-0.25, -0.2) is 0 Å². The van der Waals surface area contributed by atoms with Gasteiger partial charge >= 0.3 is 0 Å². The van der Waals surface area contributed by atoms with Gasteiger partial charge in [-0.15, -0.1) is 0 Å². The molecule has 0 aromatic heterocycles. The highest BCUT2D eigenvalue weighted by atomic mass is 16.5. The van der Waals surface area contributed by atoms with Crippen LogP contribution >= 0.6 is 0 Å². The number of carbonyl (C=O) groups is 1. The topological polar surface area (TPSA) is 41.6 Å². The molecule has 2 atom stereocenters. The van der Waals surface area contributed by atoms with Gasteiger partial charge in [-0.3, -0.25) is 4.79 Å². The van der Waals surface area contributed by atoms with E-state index in [-0.39, 0.29) is 11.3 Å². The molecule has 0 aromatic rings. The average molecular weight is 296 g/mol. The molecule has 0 spiro atoms. The van der Waals surface area contributed by atoms with Crippen molar-refractivity contribution in [1.82, 2.24) is 10.2 Å². The molecule has 1 saturated carbocycles. The lowest BCUT2D eigenvalue weighted by molar-refractivity contribution is -0.140. The zero-order valence-electron chi connectivity index (χ0n) is 14.2. The first kappa shape index (κ1) is 16.8. The van der Waals surface area contributed by atoms with E-state index in [1.807, 2.05) is 32.8 Å². The summed E-state index contributed by atoms with van der Waals surface area (Å²) >= 11 is 0. The van der Waals surface area contributed by atoms with Gasteiger partial charge in [0.25, 0.3) is 0 Å². The van der Waals surface area contributed by atoms with Gasteiger partial charge < -0.3 is 15.0 Å². The summed E-state index contributed by atoms with van der Waals surface area (Å²) in [6.45, 7) is 7.81. The van der Waals surface area contributed by atoms with Gasteiger partial charge in [0.1, 0.15) is 0 Å². The molecule has 2 aliphatic rings. The summed E-state index contributed by atoms with van der Waals surface area (Å²) < 4.78 is 5.50. The first-order valence-corrected chi connectivity index (χ1v) is 8.48. The molecule has 1 aliphatic carbocycles.